The Morgan fingerprint density at radius 2 is 1.74 bits per heavy atom. The predicted octanol–water partition coefficient (Wildman–Crippen LogP) is 5.58. The minimum atomic E-state index is -4.60. The van der Waals surface area contributed by atoms with Crippen LogP contribution in [0.4, 0.5) is 13.2 Å². The van der Waals surface area contributed by atoms with E-state index in [9.17, 15) is 27.9 Å². The number of amides is 2. The molecule has 0 saturated carbocycles. The maximum Gasteiger partial charge on any atom is 0.416 e. The molecule has 2 amide bonds. The fraction of sp³-hybridized carbons (Fsp3) is 0.375. The molecule has 0 radical (unpaired) electrons. The third kappa shape index (κ3) is 7.17. The molecule has 1 saturated heterocycles. The number of likely N-dealkylation sites (tertiary alicyclic amines) is 1. The first-order valence-corrected chi connectivity index (χ1v) is 14.6. The van der Waals surface area contributed by atoms with Crippen LogP contribution in [0.3, 0.4) is 0 Å². The summed E-state index contributed by atoms with van der Waals surface area (Å²) in [6.45, 7) is 2.58. The molecular weight excluding hydrogens is 563 g/mol. The summed E-state index contributed by atoms with van der Waals surface area (Å²) < 4.78 is 40.5. The summed E-state index contributed by atoms with van der Waals surface area (Å²) in [5.74, 6) is -0.755. The summed E-state index contributed by atoms with van der Waals surface area (Å²) in [6.07, 6.45) is -4.10. The van der Waals surface area contributed by atoms with Gasteiger partial charge < -0.3 is 20.2 Å². The van der Waals surface area contributed by atoms with E-state index < -0.39 is 28.4 Å². The van der Waals surface area contributed by atoms with Gasteiger partial charge in [-0.3, -0.25) is 9.59 Å². The van der Waals surface area contributed by atoms with Crippen LogP contribution in [-0.4, -0.2) is 58.7 Å². The van der Waals surface area contributed by atoms with Crippen molar-refractivity contribution in [3.05, 3.63) is 101 Å². The molecule has 4 rings (SSSR count). The Morgan fingerprint density at radius 3 is 2.36 bits per heavy atom. The highest BCUT2D eigenvalue weighted by atomic mass is 32.2. The van der Waals surface area contributed by atoms with E-state index in [4.69, 9.17) is 0 Å². The van der Waals surface area contributed by atoms with Crippen molar-refractivity contribution < 1.29 is 27.9 Å². The third-order valence-electron chi connectivity index (χ3n) is 7.40. The lowest BCUT2D eigenvalue weighted by atomic mass is 9.90. The first-order valence-electron chi connectivity index (χ1n) is 13.8. The Hall–Kier alpha value is -3.34. The molecule has 1 aliphatic rings. The number of alkyl halides is 3. The molecule has 224 valence electrons. The lowest BCUT2D eigenvalue weighted by Gasteiger charge is -2.37. The molecule has 6 nitrogen and oxygen atoms in total. The number of aliphatic hydroxyl groups excluding tert-OH is 1. The van der Waals surface area contributed by atoms with Gasteiger partial charge in [-0.05, 0) is 68.9 Å². The number of hydrogen-bond donors (Lipinski definition) is 2. The molecule has 0 bridgehead atoms. The number of benzene rings is 3. The van der Waals surface area contributed by atoms with Gasteiger partial charge in [0.1, 0.15) is 4.75 Å². The van der Waals surface area contributed by atoms with Gasteiger partial charge in [0.2, 0.25) is 11.8 Å². The van der Waals surface area contributed by atoms with Gasteiger partial charge in [0.15, 0.2) is 0 Å². The van der Waals surface area contributed by atoms with Crippen molar-refractivity contribution in [3.63, 3.8) is 0 Å². The summed E-state index contributed by atoms with van der Waals surface area (Å²) >= 11 is 1.26. The average Bonchev–Trinajstić information content (AvgIpc) is 3.23. The van der Waals surface area contributed by atoms with E-state index in [2.05, 4.69) is 5.32 Å². The second kappa shape index (κ2) is 13.3. The molecular formula is C32H36F3N3O3S. The van der Waals surface area contributed by atoms with Crippen LogP contribution < -0.4 is 5.32 Å². The average molecular weight is 600 g/mol. The van der Waals surface area contributed by atoms with Gasteiger partial charge in [0.25, 0.3) is 0 Å². The Bertz CT molecular complexity index is 1380. The van der Waals surface area contributed by atoms with E-state index in [0.29, 0.717) is 24.1 Å². The Balaban J connectivity index is 1.82. The van der Waals surface area contributed by atoms with Crippen LogP contribution in [0, 0.1) is 6.92 Å². The van der Waals surface area contributed by atoms with Crippen LogP contribution in [0.5, 0.6) is 0 Å². The molecule has 10 heteroatoms. The third-order valence-corrected chi connectivity index (χ3v) is 8.83. The van der Waals surface area contributed by atoms with Crippen LogP contribution >= 0.6 is 11.8 Å². The van der Waals surface area contributed by atoms with Gasteiger partial charge in [-0.1, -0.05) is 60.2 Å². The van der Waals surface area contributed by atoms with Crippen molar-refractivity contribution in [2.24, 2.45) is 0 Å². The topological polar surface area (TPSA) is 72.9 Å². The zero-order valence-corrected chi connectivity index (χ0v) is 24.8. The van der Waals surface area contributed by atoms with Crippen LogP contribution in [0.1, 0.15) is 46.7 Å². The number of nitrogens with one attached hydrogen (secondary N) is 1. The number of carbonyl (C=O) groups is 2. The molecule has 0 unspecified atom stereocenters. The zero-order valence-electron chi connectivity index (χ0n) is 23.9. The monoisotopic (exact) mass is 599 g/mol. The largest absolute Gasteiger partial charge is 0.416 e. The second-order valence-electron chi connectivity index (χ2n) is 10.9. The van der Waals surface area contributed by atoms with E-state index >= 15 is 0 Å². The van der Waals surface area contributed by atoms with Gasteiger partial charge in [-0.2, -0.15) is 13.2 Å². The normalized spacial score (nSPS) is 19.0. The van der Waals surface area contributed by atoms with Gasteiger partial charge in [-0.15, -0.1) is 11.8 Å². The first-order chi connectivity index (χ1) is 19.9. The molecule has 0 spiro atoms. The standard InChI is InChI=1S/C32H36F3N3O3S/c1-22-9-15-26(16-10-22)42-31(30(41)36-17-6-18-37(2)3)19-28(40)38(29(31)24-13-11-23(21-39)12-14-24)20-25-7-4-5-8-27(25)32(33,34)35/h4-5,7-16,29,39H,6,17-21H2,1-3H3,(H,36,41)/t29-,31-/m1/s1. The number of aliphatic hydroxyl groups is 1. The highest BCUT2D eigenvalue weighted by Gasteiger charge is 2.58. The molecule has 3 aromatic carbocycles. The van der Waals surface area contributed by atoms with Crippen molar-refractivity contribution in [2.45, 2.75) is 54.8 Å². The summed E-state index contributed by atoms with van der Waals surface area (Å²) in [4.78, 5) is 32.2. The first kappa shape index (κ1) is 31.6. The number of halogens is 3. The summed E-state index contributed by atoms with van der Waals surface area (Å²) in [5.41, 5.74) is 1.42. The van der Waals surface area contributed by atoms with Crippen molar-refractivity contribution in [2.75, 3.05) is 27.2 Å². The van der Waals surface area contributed by atoms with Crippen molar-refractivity contribution in [3.8, 4) is 0 Å². The van der Waals surface area contributed by atoms with Gasteiger partial charge in [-0.25, -0.2) is 0 Å². The second-order valence-corrected chi connectivity index (χ2v) is 12.3. The molecule has 1 aliphatic heterocycles. The molecule has 2 N–H and O–H groups in total. The van der Waals surface area contributed by atoms with E-state index in [-0.39, 0.29) is 31.0 Å². The highest BCUT2D eigenvalue weighted by molar-refractivity contribution is 8.01. The lowest BCUT2D eigenvalue weighted by Crippen LogP contribution is -2.48. The maximum atomic E-state index is 14.2. The molecule has 42 heavy (non-hydrogen) atoms. The number of nitrogens with zero attached hydrogens (tertiary/aromatic N) is 2. The zero-order chi connectivity index (χ0) is 30.5. The Kier molecular flexibility index (Phi) is 10.0. The van der Waals surface area contributed by atoms with Crippen LogP contribution in [0.25, 0.3) is 0 Å². The van der Waals surface area contributed by atoms with Crippen LogP contribution in [0.2, 0.25) is 0 Å². The summed E-state index contributed by atoms with van der Waals surface area (Å²) in [7, 11) is 3.88. The van der Waals surface area contributed by atoms with E-state index in [1.807, 2.05) is 50.2 Å². The fourth-order valence-electron chi connectivity index (χ4n) is 5.28. The fourth-order valence-corrected chi connectivity index (χ4v) is 6.71. The van der Waals surface area contributed by atoms with Gasteiger partial charge in [0.05, 0.1) is 24.6 Å². The van der Waals surface area contributed by atoms with Gasteiger partial charge >= 0.3 is 6.18 Å². The number of aryl methyl sites for hydroxylation is 1. The summed E-state index contributed by atoms with van der Waals surface area (Å²) in [6, 6.07) is 18.8. The minimum absolute atomic E-state index is 0.0437. The van der Waals surface area contributed by atoms with Crippen molar-refractivity contribution in [1.82, 2.24) is 15.1 Å². The van der Waals surface area contributed by atoms with E-state index in [1.165, 1.54) is 34.9 Å². The number of hydrogen-bond acceptors (Lipinski definition) is 5. The van der Waals surface area contributed by atoms with E-state index in [1.54, 1.807) is 24.3 Å². The SMILES string of the molecule is Cc1ccc(S[C@]2(C(=O)NCCCN(C)C)CC(=O)N(Cc3ccccc3C(F)(F)F)[C@@H]2c2ccc(CO)cc2)cc1. The molecule has 3 aromatic rings. The summed E-state index contributed by atoms with van der Waals surface area (Å²) in [5, 5.41) is 12.6. The van der Waals surface area contributed by atoms with Gasteiger partial charge in [0, 0.05) is 18.0 Å². The lowest BCUT2D eigenvalue weighted by molar-refractivity contribution is -0.139. The quantitative estimate of drug-likeness (QED) is 0.282. The number of carbonyl (C=O) groups excluding carboxylic acids is 2. The molecule has 0 aromatic heterocycles. The maximum absolute atomic E-state index is 14.2. The number of thioether (sulfide) groups is 1. The predicted molar refractivity (Wildman–Crippen MR) is 158 cm³/mol. The van der Waals surface area contributed by atoms with Crippen molar-refractivity contribution in [1.29, 1.82) is 0 Å². The molecule has 1 heterocycles. The highest BCUT2D eigenvalue weighted by Crippen LogP contribution is 2.53. The molecule has 1 fully saturated rings. The smallest absolute Gasteiger partial charge is 0.392 e. The number of rotatable bonds is 11. The van der Waals surface area contributed by atoms with Crippen LogP contribution in [0.15, 0.2) is 77.7 Å². The van der Waals surface area contributed by atoms with Crippen molar-refractivity contribution >= 4 is 23.6 Å². The minimum Gasteiger partial charge on any atom is -0.392 e. The van der Waals surface area contributed by atoms with E-state index in [0.717, 1.165) is 23.1 Å². The Morgan fingerprint density at radius 1 is 1.07 bits per heavy atom. The van der Waals surface area contributed by atoms with Crippen LogP contribution in [-0.2, 0) is 28.9 Å². The molecule has 0 aliphatic carbocycles. The Labute approximate surface area is 248 Å². The molecule has 2 atom stereocenters.